The van der Waals surface area contributed by atoms with E-state index in [9.17, 15) is 18.0 Å². The van der Waals surface area contributed by atoms with E-state index in [1.54, 1.807) is 9.80 Å². The average Bonchev–Trinajstić information content (AvgIpc) is 2.75. The molecule has 0 aromatic carbocycles. The molecule has 0 aromatic rings. The highest BCUT2D eigenvalue weighted by Crippen LogP contribution is 2.25. The molecule has 2 heterocycles. The van der Waals surface area contributed by atoms with Crippen LogP contribution in [0, 0.1) is 5.92 Å². The number of rotatable bonds is 4. The highest BCUT2D eigenvalue weighted by atomic mass is 35.7. The molecule has 2 fully saturated rings. The molecule has 2 aliphatic heterocycles. The standard InChI is InChI=1S/C16H27ClN2O5S/c1-16(2,3)24-15(21)19-7-5-4-6-13(19)10-18-9-12(8-14(18)20)11-25(17,22)23/h12-13H,4-11H2,1-3H3. The summed E-state index contributed by atoms with van der Waals surface area (Å²) in [5.74, 6) is -0.564. The van der Waals surface area contributed by atoms with Crippen LogP contribution in [0.2, 0.25) is 0 Å². The first-order valence-electron chi connectivity index (χ1n) is 8.64. The van der Waals surface area contributed by atoms with Gasteiger partial charge in [0.2, 0.25) is 15.0 Å². The fourth-order valence-electron chi connectivity index (χ4n) is 3.43. The van der Waals surface area contributed by atoms with Gasteiger partial charge in [0.15, 0.2) is 0 Å². The predicted molar refractivity (Wildman–Crippen MR) is 94.9 cm³/mol. The smallest absolute Gasteiger partial charge is 0.410 e. The van der Waals surface area contributed by atoms with Crippen molar-refractivity contribution in [3.8, 4) is 0 Å². The van der Waals surface area contributed by atoms with E-state index >= 15 is 0 Å². The number of carbonyl (C=O) groups is 2. The summed E-state index contributed by atoms with van der Waals surface area (Å²) < 4.78 is 27.9. The zero-order valence-corrected chi connectivity index (χ0v) is 16.6. The molecule has 0 aromatic heterocycles. The molecule has 144 valence electrons. The number of halogens is 1. The Kier molecular flexibility index (Phi) is 6.25. The number of hydrogen-bond donors (Lipinski definition) is 0. The number of amides is 2. The first-order chi connectivity index (χ1) is 11.4. The van der Waals surface area contributed by atoms with Gasteiger partial charge in [-0.1, -0.05) is 0 Å². The van der Waals surface area contributed by atoms with Crippen LogP contribution < -0.4 is 0 Å². The summed E-state index contributed by atoms with van der Waals surface area (Å²) in [5, 5.41) is 0. The Bertz CT molecular complexity index is 617. The summed E-state index contributed by atoms with van der Waals surface area (Å²) in [5.41, 5.74) is -0.567. The monoisotopic (exact) mass is 394 g/mol. The summed E-state index contributed by atoms with van der Waals surface area (Å²) in [6, 6.07) is -0.0982. The molecule has 25 heavy (non-hydrogen) atoms. The second-order valence-electron chi connectivity index (χ2n) is 7.90. The SMILES string of the molecule is CC(C)(C)OC(=O)N1CCCCC1CN1CC(CS(=O)(=O)Cl)CC1=O. The molecule has 7 nitrogen and oxygen atoms in total. The third kappa shape index (κ3) is 6.33. The van der Waals surface area contributed by atoms with E-state index in [0.29, 0.717) is 19.6 Å². The van der Waals surface area contributed by atoms with Gasteiger partial charge in [0, 0.05) is 42.7 Å². The lowest BCUT2D eigenvalue weighted by atomic mass is 10.0. The summed E-state index contributed by atoms with van der Waals surface area (Å²) in [4.78, 5) is 28.0. The number of nitrogens with zero attached hydrogens (tertiary/aromatic N) is 2. The van der Waals surface area contributed by atoms with Gasteiger partial charge < -0.3 is 14.5 Å². The van der Waals surface area contributed by atoms with Gasteiger partial charge in [-0.3, -0.25) is 4.79 Å². The Morgan fingerprint density at radius 1 is 1.32 bits per heavy atom. The zero-order valence-electron chi connectivity index (χ0n) is 15.0. The Hall–Kier alpha value is -1.02. The predicted octanol–water partition coefficient (Wildman–Crippen LogP) is 2.19. The molecule has 2 aliphatic rings. The molecule has 0 bridgehead atoms. The van der Waals surface area contributed by atoms with Crippen molar-refractivity contribution in [3.63, 3.8) is 0 Å². The van der Waals surface area contributed by atoms with Crippen LogP contribution in [0.4, 0.5) is 4.79 Å². The molecule has 0 aliphatic carbocycles. The zero-order chi connectivity index (χ0) is 18.8. The number of piperidine rings is 1. The molecular formula is C16H27ClN2O5S. The normalized spacial score (nSPS) is 25.4. The summed E-state index contributed by atoms with van der Waals surface area (Å²) >= 11 is 0. The van der Waals surface area contributed by atoms with Gasteiger partial charge in [-0.25, -0.2) is 13.2 Å². The van der Waals surface area contributed by atoms with Gasteiger partial charge in [-0.15, -0.1) is 0 Å². The quantitative estimate of drug-likeness (QED) is 0.682. The first-order valence-corrected chi connectivity index (χ1v) is 11.1. The fraction of sp³-hybridized carbons (Fsp3) is 0.875. The topological polar surface area (TPSA) is 84.0 Å². The van der Waals surface area contributed by atoms with Gasteiger partial charge in [0.25, 0.3) is 0 Å². The van der Waals surface area contributed by atoms with Crippen molar-refractivity contribution in [2.45, 2.75) is 58.1 Å². The highest BCUT2D eigenvalue weighted by Gasteiger charge is 2.37. The maximum absolute atomic E-state index is 12.4. The Morgan fingerprint density at radius 2 is 2.00 bits per heavy atom. The van der Waals surface area contributed by atoms with Crippen LogP contribution in [0.25, 0.3) is 0 Å². The second-order valence-corrected chi connectivity index (χ2v) is 10.7. The third-order valence-corrected chi connectivity index (χ3v) is 5.66. The van der Waals surface area contributed by atoms with Crippen LogP contribution in [-0.2, 0) is 18.6 Å². The summed E-state index contributed by atoms with van der Waals surface area (Å²) in [6.07, 6.45) is 2.54. The van der Waals surface area contributed by atoms with Crippen LogP contribution >= 0.6 is 10.7 Å². The van der Waals surface area contributed by atoms with Gasteiger partial charge in [-0.2, -0.15) is 0 Å². The maximum atomic E-state index is 12.4. The van der Waals surface area contributed by atoms with Gasteiger partial charge in [-0.05, 0) is 40.0 Å². The van der Waals surface area contributed by atoms with Crippen LogP contribution in [0.1, 0.15) is 46.5 Å². The maximum Gasteiger partial charge on any atom is 0.410 e. The van der Waals surface area contributed by atoms with Crippen LogP contribution in [0.5, 0.6) is 0 Å². The van der Waals surface area contributed by atoms with Gasteiger partial charge in [0.1, 0.15) is 5.60 Å². The van der Waals surface area contributed by atoms with Crippen molar-refractivity contribution in [3.05, 3.63) is 0 Å². The molecule has 0 spiro atoms. The molecule has 2 atom stereocenters. The molecular weight excluding hydrogens is 368 g/mol. The van der Waals surface area contributed by atoms with E-state index in [4.69, 9.17) is 15.4 Å². The lowest BCUT2D eigenvalue weighted by Gasteiger charge is -2.38. The Morgan fingerprint density at radius 3 is 2.60 bits per heavy atom. The van der Waals surface area contributed by atoms with Crippen molar-refractivity contribution in [2.24, 2.45) is 5.92 Å². The molecule has 0 radical (unpaired) electrons. The number of ether oxygens (including phenoxy) is 1. The molecule has 0 saturated carbocycles. The Balaban J connectivity index is 1.99. The van der Waals surface area contributed by atoms with Crippen LogP contribution in [0.15, 0.2) is 0 Å². The van der Waals surface area contributed by atoms with E-state index in [1.165, 1.54) is 0 Å². The van der Waals surface area contributed by atoms with E-state index in [-0.39, 0.29) is 36.1 Å². The highest BCUT2D eigenvalue weighted by molar-refractivity contribution is 8.13. The number of carbonyl (C=O) groups excluding carboxylic acids is 2. The third-order valence-electron chi connectivity index (χ3n) is 4.42. The van der Waals surface area contributed by atoms with Crippen molar-refractivity contribution in [2.75, 3.05) is 25.4 Å². The van der Waals surface area contributed by atoms with Crippen LogP contribution in [-0.4, -0.2) is 67.2 Å². The minimum atomic E-state index is -3.62. The van der Waals surface area contributed by atoms with Crippen LogP contribution in [0.3, 0.4) is 0 Å². The molecule has 2 amide bonds. The van der Waals surface area contributed by atoms with E-state index in [1.807, 2.05) is 20.8 Å². The van der Waals surface area contributed by atoms with E-state index in [2.05, 4.69) is 0 Å². The Labute approximate surface area is 154 Å². The second kappa shape index (κ2) is 7.70. The molecule has 2 rings (SSSR count). The van der Waals surface area contributed by atoms with E-state index < -0.39 is 14.7 Å². The summed E-state index contributed by atoms with van der Waals surface area (Å²) in [6.45, 7) is 6.86. The lowest BCUT2D eigenvalue weighted by molar-refractivity contribution is -0.128. The molecule has 2 saturated heterocycles. The minimum absolute atomic E-state index is 0.0833. The van der Waals surface area contributed by atoms with Crippen molar-refractivity contribution in [1.29, 1.82) is 0 Å². The van der Waals surface area contributed by atoms with E-state index in [0.717, 1.165) is 19.3 Å². The number of likely N-dealkylation sites (tertiary alicyclic amines) is 2. The lowest BCUT2D eigenvalue weighted by Crippen LogP contribution is -2.51. The fourth-order valence-corrected chi connectivity index (χ4v) is 4.75. The summed E-state index contributed by atoms with van der Waals surface area (Å²) in [7, 11) is 1.68. The minimum Gasteiger partial charge on any atom is -0.444 e. The first kappa shape index (κ1) is 20.3. The van der Waals surface area contributed by atoms with Gasteiger partial charge >= 0.3 is 6.09 Å². The van der Waals surface area contributed by atoms with Crippen molar-refractivity contribution in [1.82, 2.24) is 9.80 Å². The molecule has 2 unspecified atom stereocenters. The van der Waals surface area contributed by atoms with Gasteiger partial charge in [0.05, 0.1) is 11.8 Å². The number of hydrogen-bond acceptors (Lipinski definition) is 5. The average molecular weight is 395 g/mol. The van der Waals surface area contributed by atoms with Crippen molar-refractivity contribution >= 4 is 31.7 Å². The molecule has 0 N–H and O–H groups in total. The van der Waals surface area contributed by atoms with Crippen molar-refractivity contribution < 1.29 is 22.7 Å². The molecule has 9 heteroatoms. The largest absolute Gasteiger partial charge is 0.444 e.